The van der Waals surface area contributed by atoms with E-state index in [2.05, 4.69) is 9.88 Å². The minimum atomic E-state index is -3.42. The molecular weight excluding hydrogens is 328 g/mol. The van der Waals surface area contributed by atoms with E-state index in [1.807, 2.05) is 0 Å². The maximum atomic E-state index is 12.6. The zero-order chi connectivity index (χ0) is 17.2. The number of hydrogen-bond acceptors (Lipinski definition) is 4. The smallest absolute Gasteiger partial charge is 0.274 e. The molecule has 2 fully saturated rings. The SMILES string of the molecule is NC(=O)[C@@H]1CCCN(c2ccc(S(=O)(=O)N3CCCCC3)c[nH+]2)C1. The van der Waals surface area contributed by atoms with Crippen LogP contribution in [0.2, 0.25) is 0 Å². The summed E-state index contributed by atoms with van der Waals surface area (Å²) < 4.78 is 26.9. The number of anilines is 1. The number of nitrogens with zero attached hydrogens (tertiary/aromatic N) is 2. The van der Waals surface area contributed by atoms with Gasteiger partial charge in [-0.2, -0.15) is 4.31 Å². The predicted molar refractivity (Wildman–Crippen MR) is 89.7 cm³/mol. The third-order valence-electron chi connectivity index (χ3n) is 4.89. The van der Waals surface area contributed by atoms with Crippen LogP contribution in [0.4, 0.5) is 5.82 Å². The highest BCUT2D eigenvalue weighted by Crippen LogP contribution is 2.23. The molecule has 0 bridgehead atoms. The van der Waals surface area contributed by atoms with E-state index in [9.17, 15) is 13.2 Å². The van der Waals surface area contributed by atoms with Gasteiger partial charge in [0.25, 0.3) is 5.82 Å². The Labute approximate surface area is 142 Å². The minimum absolute atomic E-state index is 0.149. The first-order chi connectivity index (χ1) is 11.5. The molecule has 3 N–H and O–H groups in total. The van der Waals surface area contributed by atoms with E-state index in [0.29, 0.717) is 19.6 Å². The molecule has 1 amide bonds. The van der Waals surface area contributed by atoms with Gasteiger partial charge in [-0.25, -0.2) is 13.4 Å². The number of aromatic amines is 1. The fraction of sp³-hybridized carbons (Fsp3) is 0.625. The minimum Gasteiger partial charge on any atom is -0.369 e. The number of sulfonamides is 1. The molecule has 0 saturated carbocycles. The van der Waals surface area contributed by atoms with Crippen LogP contribution in [-0.4, -0.2) is 44.8 Å². The Kier molecular flexibility index (Phi) is 5.05. The van der Waals surface area contributed by atoms with Crippen LogP contribution in [0.1, 0.15) is 32.1 Å². The molecule has 0 aliphatic carbocycles. The molecule has 0 spiro atoms. The van der Waals surface area contributed by atoms with Gasteiger partial charge in [-0.3, -0.25) is 9.69 Å². The second kappa shape index (κ2) is 7.06. The van der Waals surface area contributed by atoms with Crippen LogP contribution >= 0.6 is 0 Å². The lowest BCUT2D eigenvalue weighted by molar-refractivity contribution is -0.367. The zero-order valence-electron chi connectivity index (χ0n) is 13.8. The van der Waals surface area contributed by atoms with Crippen LogP contribution in [0.3, 0.4) is 0 Å². The van der Waals surface area contributed by atoms with Crippen molar-refractivity contribution in [2.75, 3.05) is 31.1 Å². The van der Waals surface area contributed by atoms with Gasteiger partial charge in [-0.15, -0.1) is 0 Å². The summed E-state index contributed by atoms with van der Waals surface area (Å²) in [7, 11) is -3.42. The maximum Gasteiger partial charge on any atom is 0.274 e. The van der Waals surface area contributed by atoms with Crippen LogP contribution in [0, 0.1) is 5.92 Å². The highest BCUT2D eigenvalue weighted by molar-refractivity contribution is 7.89. The molecule has 3 heterocycles. The highest BCUT2D eigenvalue weighted by atomic mass is 32.2. The first kappa shape index (κ1) is 17.2. The van der Waals surface area contributed by atoms with Crippen LogP contribution in [0.25, 0.3) is 0 Å². The molecule has 0 aromatic carbocycles. The largest absolute Gasteiger partial charge is 0.369 e. The van der Waals surface area contributed by atoms with Crippen molar-refractivity contribution in [2.45, 2.75) is 37.0 Å². The van der Waals surface area contributed by atoms with Gasteiger partial charge in [0, 0.05) is 19.2 Å². The van der Waals surface area contributed by atoms with Gasteiger partial charge in [0.2, 0.25) is 15.9 Å². The molecule has 1 aromatic heterocycles. The van der Waals surface area contributed by atoms with E-state index in [0.717, 1.165) is 44.5 Å². The Morgan fingerprint density at radius 2 is 1.88 bits per heavy atom. The lowest BCUT2D eigenvalue weighted by atomic mass is 9.97. The Hall–Kier alpha value is -1.67. The van der Waals surface area contributed by atoms with E-state index in [-0.39, 0.29) is 16.7 Å². The number of nitrogens with one attached hydrogen (secondary N) is 1. The van der Waals surface area contributed by atoms with Crippen LogP contribution in [0.15, 0.2) is 23.2 Å². The Morgan fingerprint density at radius 1 is 1.12 bits per heavy atom. The standard InChI is InChI=1S/C16H24N4O3S/c17-16(21)13-5-4-8-19(12-13)15-7-6-14(11-18-15)24(22,23)20-9-2-1-3-10-20/h6-7,11,13H,1-5,8-10,12H2,(H2,17,21)/p+1/t13-/m1/s1. The molecule has 2 aliphatic rings. The van der Waals surface area contributed by atoms with Crippen molar-refractivity contribution >= 4 is 21.7 Å². The summed E-state index contributed by atoms with van der Waals surface area (Å²) in [6, 6.07) is 3.42. The molecule has 0 radical (unpaired) electrons. The lowest BCUT2D eigenvalue weighted by Gasteiger charge is -2.27. The third kappa shape index (κ3) is 3.54. The zero-order valence-corrected chi connectivity index (χ0v) is 14.6. The Balaban J connectivity index is 1.74. The normalized spacial score (nSPS) is 23.2. The summed E-state index contributed by atoms with van der Waals surface area (Å²) in [5.41, 5.74) is 5.41. The van der Waals surface area contributed by atoms with Gasteiger partial charge in [0.1, 0.15) is 11.1 Å². The van der Waals surface area contributed by atoms with Gasteiger partial charge >= 0.3 is 0 Å². The van der Waals surface area contributed by atoms with Crippen LogP contribution < -0.4 is 15.6 Å². The maximum absolute atomic E-state index is 12.6. The summed E-state index contributed by atoms with van der Waals surface area (Å²) >= 11 is 0. The molecular formula is C16H25N4O3S+. The fourth-order valence-electron chi connectivity index (χ4n) is 3.44. The topological polar surface area (TPSA) is 97.8 Å². The molecule has 1 atom stereocenters. The number of piperidine rings is 2. The average molecular weight is 353 g/mol. The summed E-state index contributed by atoms with van der Waals surface area (Å²) in [5.74, 6) is 0.395. The van der Waals surface area contributed by atoms with E-state index in [4.69, 9.17) is 5.73 Å². The summed E-state index contributed by atoms with van der Waals surface area (Å²) in [4.78, 5) is 16.8. The molecule has 132 valence electrons. The number of hydrogen-bond donors (Lipinski definition) is 1. The molecule has 7 nitrogen and oxygen atoms in total. The predicted octanol–water partition coefficient (Wildman–Crippen LogP) is 0.377. The molecule has 2 aliphatic heterocycles. The monoisotopic (exact) mass is 353 g/mol. The summed E-state index contributed by atoms with van der Waals surface area (Å²) in [6.07, 6.45) is 6.19. The lowest BCUT2D eigenvalue weighted by Crippen LogP contribution is -2.43. The van der Waals surface area contributed by atoms with E-state index >= 15 is 0 Å². The van der Waals surface area contributed by atoms with Crippen molar-refractivity contribution in [1.82, 2.24) is 4.31 Å². The van der Waals surface area contributed by atoms with Crippen molar-refractivity contribution in [3.05, 3.63) is 18.3 Å². The van der Waals surface area contributed by atoms with E-state index < -0.39 is 10.0 Å². The van der Waals surface area contributed by atoms with Crippen molar-refractivity contribution in [1.29, 1.82) is 0 Å². The number of carbonyl (C=O) groups excluding carboxylic acids is 1. The molecule has 1 aromatic rings. The van der Waals surface area contributed by atoms with Crippen molar-refractivity contribution in [3.8, 4) is 0 Å². The second-order valence-corrected chi connectivity index (χ2v) is 8.50. The van der Waals surface area contributed by atoms with Gasteiger partial charge in [0.15, 0.2) is 0 Å². The van der Waals surface area contributed by atoms with Crippen LogP contribution in [-0.2, 0) is 14.8 Å². The average Bonchev–Trinajstić information content (AvgIpc) is 2.62. The van der Waals surface area contributed by atoms with Gasteiger partial charge in [0.05, 0.1) is 19.0 Å². The van der Waals surface area contributed by atoms with Gasteiger partial charge in [-0.1, -0.05) is 6.42 Å². The first-order valence-corrected chi connectivity index (χ1v) is 9.98. The highest BCUT2D eigenvalue weighted by Gasteiger charge is 2.31. The number of amides is 1. The quantitative estimate of drug-likeness (QED) is 0.846. The molecule has 0 unspecified atom stereocenters. The van der Waals surface area contributed by atoms with E-state index in [1.54, 1.807) is 22.6 Å². The van der Waals surface area contributed by atoms with E-state index in [1.165, 1.54) is 0 Å². The molecule has 2 saturated heterocycles. The second-order valence-electron chi connectivity index (χ2n) is 6.56. The fourth-order valence-corrected chi connectivity index (χ4v) is 4.93. The molecule has 8 heteroatoms. The van der Waals surface area contributed by atoms with Crippen LogP contribution in [0.5, 0.6) is 0 Å². The van der Waals surface area contributed by atoms with Crippen molar-refractivity contribution in [2.24, 2.45) is 11.7 Å². The summed E-state index contributed by atoms with van der Waals surface area (Å²) in [5, 5.41) is 0. The summed E-state index contributed by atoms with van der Waals surface area (Å²) in [6.45, 7) is 2.59. The number of H-pyrrole nitrogens is 1. The molecule has 3 rings (SSSR count). The first-order valence-electron chi connectivity index (χ1n) is 8.54. The number of pyridine rings is 1. The third-order valence-corrected chi connectivity index (χ3v) is 6.78. The number of primary amides is 1. The van der Waals surface area contributed by atoms with Crippen molar-refractivity contribution < 1.29 is 18.2 Å². The van der Waals surface area contributed by atoms with Crippen molar-refractivity contribution in [3.63, 3.8) is 0 Å². The Bertz CT molecular complexity index is 684. The van der Waals surface area contributed by atoms with Gasteiger partial charge in [-0.05, 0) is 31.7 Å². The number of rotatable bonds is 4. The number of nitrogens with two attached hydrogens (primary N) is 1. The Morgan fingerprint density at radius 3 is 2.50 bits per heavy atom. The molecule has 24 heavy (non-hydrogen) atoms. The number of carbonyl (C=O) groups is 1. The van der Waals surface area contributed by atoms with Gasteiger partial charge < -0.3 is 5.73 Å². The number of aromatic nitrogens is 1.